The van der Waals surface area contributed by atoms with Crippen molar-refractivity contribution < 1.29 is 45.6 Å². The quantitative estimate of drug-likeness (QED) is 0.0441. The molecule has 2 N–H and O–H groups in total. The van der Waals surface area contributed by atoms with E-state index in [1.807, 2.05) is 0 Å². The molecule has 0 saturated heterocycles. The van der Waals surface area contributed by atoms with Gasteiger partial charge in [0, 0.05) is 0 Å². The minimum atomic E-state index is -4.48. The summed E-state index contributed by atoms with van der Waals surface area (Å²) >= 11 is 0. The molecule has 0 aliphatic carbocycles. The number of unbranched alkanes of at least 4 members (excludes halogenated alkanes) is 12. The van der Waals surface area contributed by atoms with Crippen molar-refractivity contribution in [3.05, 3.63) is 96.1 Å². The molecule has 4 aromatic carbocycles. The molecule has 4 aromatic rings. The van der Waals surface area contributed by atoms with E-state index in [9.17, 15) is 31.6 Å². The maximum atomic E-state index is 11.7. The Labute approximate surface area is 357 Å². The van der Waals surface area contributed by atoms with Crippen LogP contribution in [-0.4, -0.2) is 68.8 Å². The number of phenols is 1. The SMILES string of the molecule is CCCCCCCCCc1cc(O)ccc1Oc1ccc(S(=O)(=O)O)cc1.CCCCCCCCCc1cc([O-])ccc1Oc1ccc(S(=O)(=O)[O-])cc1.[Ca+2]. The van der Waals surface area contributed by atoms with Gasteiger partial charge in [0.05, 0.1) is 9.79 Å². The first-order valence-corrected chi connectivity index (χ1v) is 21.8. The average molecular weight is 823 g/mol. The van der Waals surface area contributed by atoms with E-state index < -0.39 is 20.2 Å². The first kappa shape index (κ1) is 48.3. The van der Waals surface area contributed by atoms with Crippen molar-refractivity contribution in [2.75, 3.05) is 0 Å². The van der Waals surface area contributed by atoms with Crippen LogP contribution in [0.25, 0.3) is 0 Å². The Morgan fingerprint density at radius 3 is 1.38 bits per heavy atom. The molecule has 13 heteroatoms. The van der Waals surface area contributed by atoms with Crippen molar-refractivity contribution in [2.24, 2.45) is 0 Å². The second kappa shape index (κ2) is 25.4. The van der Waals surface area contributed by atoms with E-state index in [0.717, 1.165) is 49.7 Å². The van der Waals surface area contributed by atoms with Gasteiger partial charge in [-0.25, -0.2) is 8.42 Å². The molecule has 0 aliphatic heterocycles. The molecule has 0 heterocycles. The Bertz CT molecular complexity index is 1770. The van der Waals surface area contributed by atoms with Gasteiger partial charge in [-0.3, -0.25) is 4.55 Å². The maximum absolute atomic E-state index is 11.7. The van der Waals surface area contributed by atoms with Gasteiger partial charge in [0.15, 0.2) is 0 Å². The molecule has 296 valence electrons. The van der Waals surface area contributed by atoms with Crippen LogP contribution in [0.5, 0.6) is 34.5 Å². The predicted octanol–water partition coefficient (Wildman–Crippen LogP) is 10.1. The summed E-state index contributed by atoms with van der Waals surface area (Å²) in [7, 11) is -8.70. The molecule has 0 fully saturated rings. The van der Waals surface area contributed by atoms with E-state index in [-0.39, 0.29) is 59.0 Å². The van der Waals surface area contributed by atoms with Crippen molar-refractivity contribution in [2.45, 2.75) is 126 Å². The standard InChI is InChI=1S/2C21H28O5S.Ca/c2*1-2-3-4-5-6-7-8-9-17-16-18(22)10-15-21(17)26-19-11-13-20(14-12-19)27(23,24)25;/h2*10-16,22H,2-9H2,1H3,(H,23,24,25);/q;;+2/p-2. The smallest absolute Gasteiger partial charge is 0.872 e. The Balaban J connectivity index is 0.000000373. The van der Waals surface area contributed by atoms with Crippen molar-refractivity contribution >= 4 is 58.0 Å². The fraction of sp³-hybridized carbons (Fsp3) is 0.429. The number of aryl methyl sites for hydroxylation is 2. The summed E-state index contributed by atoms with van der Waals surface area (Å²) in [4.78, 5) is -0.475. The molecule has 0 radical (unpaired) electrons. The molecule has 55 heavy (non-hydrogen) atoms. The molecule has 0 atom stereocenters. The molecule has 0 aliphatic rings. The van der Waals surface area contributed by atoms with E-state index >= 15 is 0 Å². The summed E-state index contributed by atoms with van der Waals surface area (Å²) in [6.07, 6.45) is 18.4. The van der Waals surface area contributed by atoms with Gasteiger partial charge in [-0.05, 0) is 110 Å². The van der Waals surface area contributed by atoms with Gasteiger partial charge in [0.2, 0.25) is 0 Å². The summed E-state index contributed by atoms with van der Waals surface area (Å²) in [5.74, 6) is 2.24. The monoisotopic (exact) mass is 822 g/mol. The molecule has 0 amide bonds. The second-order valence-corrected chi connectivity index (χ2v) is 16.2. The first-order chi connectivity index (χ1) is 25.8. The van der Waals surface area contributed by atoms with Crippen molar-refractivity contribution in [3.63, 3.8) is 0 Å². The molecule has 4 rings (SSSR count). The first-order valence-electron chi connectivity index (χ1n) is 18.9. The zero-order chi connectivity index (χ0) is 39.4. The summed E-state index contributed by atoms with van der Waals surface area (Å²) in [5, 5.41) is 21.5. The van der Waals surface area contributed by atoms with Crippen molar-refractivity contribution in [3.8, 4) is 34.5 Å². The molecule has 0 bridgehead atoms. The molecular weight excluding hydrogens is 769 g/mol. The van der Waals surface area contributed by atoms with Crippen LogP contribution in [0.3, 0.4) is 0 Å². The minimum absolute atomic E-state index is 0. The molecule has 0 unspecified atom stereocenters. The third-order valence-electron chi connectivity index (χ3n) is 8.86. The van der Waals surface area contributed by atoms with Crippen molar-refractivity contribution in [1.29, 1.82) is 0 Å². The predicted molar refractivity (Wildman–Crippen MR) is 214 cm³/mol. The minimum Gasteiger partial charge on any atom is -0.872 e. The zero-order valence-electron chi connectivity index (χ0n) is 32.1. The Hall–Kier alpha value is -2.84. The number of benzene rings is 4. The number of hydrogen-bond donors (Lipinski definition) is 2. The topological polar surface area (TPSA) is 173 Å². The van der Waals surface area contributed by atoms with Crippen molar-refractivity contribution in [1.82, 2.24) is 0 Å². The van der Waals surface area contributed by atoms with Gasteiger partial charge < -0.3 is 24.2 Å². The molecule has 0 spiro atoms. The van der Waals surface area contributed by atoms with Crippen LogP contribution < -0.4 is 14.6 Å². The van der Waals surface area contributed by atoms with Gasteiger partial charge in [-0.2, -0.15) is 8.42 Å². The fourth-order valence-corrected chi connectivity index (χ4v) is 6.81. The van der Waals surface area contributed by atoms with Gasteiger partial charge >= 0.3 is 37.7 Å². The normalized spacial score (nSPS) is 11.3. The number of hydrogen-bond acceptors (Lipinski definition) is 9. The Kier molecular flexibility index (Phi) is 22.3. The third-order valence-corrected chi connectivity index (χ3v) is 10.6. The number of phenolic OH excluding ortho intramolecular Hbond substituents is 1. The number of rotatable bonds is 22. The summed E-state index contributed by atoms with van der Waals surface area (Å²) in [6, 6.07) is 20.5. The van der Waals surface area contributed by atoms with Crippen LogP contribution in [0.1, 0.15) is 115 Å². The van der Waals surface area contributed by atoms with Gasteiger partial charge in [0.25, 0.3) is 10.1 Å². The van der Waals surface area contributed by atoms with Gasteiger partial charge in [-0.15, -0.1) is 5.75 Å². The molecule has 10 nitrogen and oxygen atoms in total. The van der Waals surface area contributed by atoms with E-state index in [0.29, 0.717) is 23.0 Å². The average Bonchev–Trinajstić information content (AvgIpc) is 3.13. The summed E-state index contributed by atoms with van der Waals surface area (Å²) in [6.45, 7) is 4.41. The van der Waals surface area contributed by atoms with Gasteiger partial charge in [0.1, 0.15) is 38.9 Å². The maximum Gasteiger partial charge on any atom is 2.00 e. The van der Waals surface area contributed by atoms with Crippen LogP contribution in [0.15, 0.2) is 94.7 Å². The van der Waals surface area contributed by atoms with E-state index in [2.05, 4.69) is 13.8 Å². The van der Waals surface area contributed by atoms with Crippen LogP contribution >= 0.6 is 0 Å². The fourth-order valence-electron chi connectivity index (χ4n) is 5.86. The Morgan fingerprint density at radius 1 is 0.545 bits per heavy atom. The largest absolute Gasteiger partial charge is 2.00 e. The summed E-state index contributed by atoms with van der Waals surface area (Å²) in [5.41, 5.74) is 1.76. The molecule has 0 saturated carbocycles. The van der Waals surface area contributed by atoms with E-state index in [4.69, 9.17) is 14.0 Å². The van der Waals surface area contributed by atoms with Gasteiger partial charge in [-0.1, -0.05) is 103 Å². The number of aromatic hydroxyl groups is 1. The van der Waals surface area contributed by atoms with Crippen LogP contribution in [0, 0.1) is 0 Å². The second-order valence-electron chi connectivity index (χ2n) is 13.4. The Morgan fingerprint density at radius 2 is 0.945 bits per heavy atom. The number of ether oxygens (including phenoxy) is 2. The zero-order valence-corrected chi connectivity index (χ0v) is 35.9. The van der Waals surface area contributed by atoms with Crippen LogP contribution in [0.4, 0.5) is 0 Å². The van der Waals surface area contributed by atoms with Crippen LogP contribution in [-0.2, 0) is 33.1 Å². The van der Waals surface area contributed by atoms with E-state index in [1.165, 1.54) is 119 Å². The molecule has 0 aromatic heterocycles. The third kappa shape index (κ3) is 18.8. The van der Waals surface area contributed by atoms with E-state index in [1.54, 1.807) is 30.3 Å². The van der Waals surface area contributed by atoms with Crippen LogP contribution in [0.2, 0.25) is 0 Å². The molecular formula is C42H54CaO10S2. The summed E-state index contributed by atoms with van der Waals surface area (Å²) < 4.78 is 75.9.